The first-order valence-corrected chi connectivity index (χ1v) is 6.42. The van der Waals surface area contributed by atoms with Crippen LogP contribution in [-0.2, 0) is 0 Å². The fraction of sp³-hybridized carbons (Fsp3) is 1.00. The van der Waals surface area contributed by atoms with E-state index in [1.807, 2.05) is 0 Å². The molecule has 2 nitrogen and oxygen atoms in total. The van der Waals surface area contributed by atoms with Crippen molar-refractivity contribution in [1.29, 1.82) is 0 Å². The van der Waals surface area contributed by atoms with E-state index < -0.39 is 23.0 Å². The molecule has 4 unspecified atom stereocenters. The van der Waals surface area contributed by atoms with Gasteiger partial charge in [-0.05, 0) is 0 Å². The normalized spacial score (nSPS) is 21.5. The molecule has 0 aliphatic rings. The van der Waals surface area contributed by atoms with Crippen LogP contribution in [0.4, 0.5) is 0 Å². The summed E-state index contributed by atoms with van der Waals surface area (Å²) in [6.45, 7) is 0. The van der Waals surface area contributed by atoms with E-state index in [4.69, 9.17) is 23.2 Å². The third-order valence-corrected chi connectivity index (χ3v) is 3.94. The largest absolute Gasteiger partial charge is 0.391 e. The van der Waals surface area contributed by atoms with Gasteiger partial charge < -0.3 is 10.2 Å². The number of hydrogen-bond acceptors (Lipinski definition) is 2. The highest BCUT2D eigenvalue weighted by molar-refractivity contribution is 9.09. The van der Waals surface area contributed by atoms with E-state index in [0.717, 1.165) is 0 Å². The maximum Gasteiger partial charge on any atom is 0.0815 e. The molecule has 0 radical (unpaired) electrons. The first-order chi connectivity index (χ1) is 5.54. The molecule has 0 rings (SSSR count). The van der Waals surface area contributed by atoms with Crippen LogP contribution in [0.2, 0.25) is 0 Å². The Bertz CT molecular complexity index is 114. The summed E-state index contributed by atoms with van der Waals surface area (Å²) in [5.41, 5.74) is 0. The highest BCUT2D eigenvalue weighted by atomic mass is 79.9. The quantitative estimate of drug-likeness (QED) is 0.745. The molecule has 0 fully saturated rings. The van der Waals surface area contributed by atoms with Crippen LogP contribution >= 0.6 is 55.1 Å². The fourth-order valence-corrected chi connectivity index (χ4v) is 2.34. The summed E-state index contributed by atoms with van der Waals surface area (Å²) in [5.74, 6) is 0. The summed E-state index contributed by atoms with van der Waals surface area (Å²) in [7, 11) is 0. The van der Waals surface area contributed by atoms with Crippen molar-refractivity contribution in [3.05, 3.63) is 0 Å². The van der Waals surface area contributed by atoms with Crippen molar-refractivity contribution < 1.29 is 10.2 Å². The SMILES string of the molecule is OC(CBr)C(Cl)C(Cl)C(O)CBr. The molecule has 2 N–H and O–H groups in total. The molecular formula is C6H10Br2Cl2O2. The summed E-state index contributed by atoms with van der Waals surface area (Å²) in [6.07, 6.45) is -1.49. The van der Waals surface area contributed by atoms with Crippen molar-refractivity contribution in [1.82, 2.24) is 0 Å². The highest BCUT2D eigenvalue weighted by Crippen LogP contribution is 2.19. The lowest BCUT2D eigenvalue weighted by atomic mass is 10.1. The van der Waals surface area contributed by atoms with E-state index in [9.17, 15) is 10.2 Å². The molecule has 0 aromatic rings. The second kappa shape index (κ2) is 6.85. The predicted molar refractivity (Wildman–Crippen MR) is 58.9 cm³/mol. The molecule has 6 heteroatoms. The van der Waals surface area contributed by atoms with E-state index in [2.05, 4.69) is 31.9 Å². The first-order valence-electron chi connectivity index (χ1n) is 3.30. The van der Waals surface area contributed by atoms with Gasteiger partial charge in [-0.25, -0.2) is 0 Å². The third kappa shape index (κ3) is 4.11. The minimum atomic E-state index is -0.747. The first kappa shape index (κ1) is 13.5. The second-order valence-electron chi connectivity index (χ2n) is 2.33. The Hall–Kier alpha value is 1.46. The number of aliphatic hydroxyl groups is 2. The van der Waals surface area contributed by atoms with Gasteiger partial charge in [0.15, 0.2) is 0 Å². The number of alkyl halides is 4. The summed E-state index contributed by atoms with van der Waals surface area (Å²) < 4.78 is 0. The van der Waals surface area contributed by atoms with Gasteiger partial charge in [-0.2, -0.15) is 0 Å². The van der Waals surface area contributed by atoms with Gasteiger partial charge in [0, 0.05) is 10.7 Å². The summed E-state index contributed by atoms with van der Waals surface area (Å²) >= 11 is 17.7. The molecule has 0 saturated carbocycles. The van der Waals surface area contributed by atoms with E-state index >= 15 is 0 Å². The van der Waals surface area contributed by atoms with E-state index in [0.29, 0.717) is 10.7 Å². The Morgan fingerprint density at radius 3 is 1.33 bits per heavy atom. The van der Waals surface area contributed by atoms with Crippen molar-refractivity contribution in [2.75, 3.05) is 10.7 Å². The molecule has 0 spiro atoms. The molecule has 0 aromatic carbocycles. The molecule has 0 saturated heterocycles. The molecule has 0 aromatic heterocycles. The van der Waals surface area contributed by atoms with E-state index in [-0.39, 0.29) is 0 Å². The predicted octanol–water partition coefficient (Wildman–Crippen LogP) is 1.71. The van der Waals surface area contributed by atoms with Crippen LogP contribution in [-0.4, -0.2) is 43.8 Å². The zero-order valence-corrected chi connectivity index (χ0v) is 10.8. The van der Waals surface area contributed by atoms with Gasteiger partial charge in [0.1, 0.15) is 0 Å². The number of rotatable bonds is 5. The van der Waals surface area contributed by atoms with Gasteiger partial charge in [-0.1, -0.05) is 31.9 Å². The topological polar surface area (TPSA) is 40.5 Å². The number of halogens is 4. The maximum atomic E-state index is 9.25. The molecule has 4 atom stereocenters. The van der Waals surface area contributed by atoms with Crippen LogP contribution in [0.1, 0.15) is 0 Å². The molecule has 74 valence electrons. The average molecular weight is 345 g/mol. The molecule has 12 heavy (non-hydrogen) atoms. The van der Waals surface area contributed by atoms with Crippen molar-refractivity contribution >= 4 is 55.1 Å². The Kier molecular flexibility index (Phi) is 7.68. The van der Waals surface area contributed by atoms with E-state index in [1.165, 1.54) is 0 Å². The minimum Gasteiger partial charge on any atom is -0.391 e. The van der Waals surface area contributed by atoms with Gasteiger partial charge in [-0.15, -0.1) is 23.2 Å². The van der Waals surface area contributed by atoms with Crippen LogP contribution in [0.15, 0.2) is 0 Å². The van der Waals surface area contributed by atoms with Crippen LogP contribution in [0.3, 0.4) is 0 Å². The maximum absolute atomic E-state index is 9.25. The van der Waals surface area contributed by atoms with Gasteiger partial charge in [-0.3, -0.25) is 0 Å². The second-order valence-corrected chi connectivity index (χ2v) is 4.64. The molecule has 0 aliphatic heterocycles. The molecule has 0 amide bonds. The van der Waals surface area contributed by atoms with Crippen molar-refractivity contribution in [2.24, 2.45) is 0 Å². The molecule has 0 heterocycles. The fourth-order valence-electron chi connectivity index (χ4n) is 0.595. The Morgan fingerprint density at radius 2 is 1.17 bits per heavy atom. The Morgan fingerprint density at radius 1 is 0.917 bits per heavy atom. The number of aliphatic hydroxyl groups excluding tert-OH is 2. The van der Waals surface area contributed by atoms with Gasteiger partial charge in [0.2, 0.25) is 0 Å². The summed E-state index contributed by atoms with van der Waals surface area (Å²) in [4.78, 5) is 0. The van der Waals surface area contributed by atoms with Crippen LogP contribution in [0.5, 0.6) is 0 Å². The van der Waals surface area contributed by atoms with Gasteiger partial charge >= 0.3 is 0 Å². The number of hydrogen-bond donors (Lipinski definition) is 2. The van der Waals surface area contributed by atoms with Crippen molar-refractivity contribution in [2.45, 2.75) is 23.0 Å². The van der Waals surface area contributed by atoms with Gasteiger partial charge in [0.25, 0.3) is 0 Å². The monoisotopic (exact) mass is 342 g/mol. The minimum absolute atomic E-state index is 0.347. The van der Waals surface area contributed by atoms with Gasteiger partial charge in [0.05, 0.1) is 23.0 Å². The zero-order chi connectivity index (χ0) is 9.72. The van der Waals surface area contributed by atoms with E-state index in [1.54, 1.807) is 0 Å². The summed E-state index contributed by atoms with van der Waals surface area (Å²) in [6, 6.07) is 0. The lowest BCUT2D eigenvalue weighted by Crippen LogP contribution is -2.38. The van der Waals surface area contributed by atoms with Crippen LogP contribution in [0, 0.1) is 0 Å². The third-order valence-electron chi connectivity index (χ3n) is 1.36. The standard InChI is InChI=1S/C6H10Br2Cl2O2/c7-1-3(11)5(9)6(10)4(12)2-8/h3-6,11-12H,1-2H2. The lowest BCUT2D eigenvalue weighted by molar-refractivity contribution is 0.146. The Labute approximate surface area is 98.5 Å². The average Bonchev–Trinajstić information content (AvgIpc) is 2.12. The Balaban J connectivity index is 3.99. The van der Waals surface area contributed by atoms with Crippen molar-refractivity contribution in [3.63, 3.8) is 0 Å². The van der Waals surface area contributed by atoms with Crippen molar-refractivity contribution in [3.8, 4) is 0 Å². The molecule has 0 aliphatic carbocycles. The smallest absolute Gasteiger partial charge is 0.0815 e. The van der Waals surface area contributed by atoms with Crippen LogP contribution in [0.25, 0.3) is 0 Å². The summed E-state index contributed by atoms with van der Waals surface area (Å²) in [5, 5.41) is 17.9. The highest BCUT2D eigenvalue weighted by Gasteiger charge is 2.29. The molecule has 0 bridgehead atoms. The zero-order valence-electron chi connectivity index (χ0n) is 6.13. The van der Waals surface area contributed by atoms with Crippen LogP contribution < -0.4 is 0 Å². The molecular weight excluding hydrogens is 335 g/mol. The lowest BCUT2D eigenvalue weighted by Gasteiger charge is -2.22.